The zero-order valence-corrected chi connectivity index (χ0v) is 9.30. The smallest absolute Gasteiger partial charge is 0.0221 e. The Balaban J connectivity index is 2.02. The highest BCUT2D eigenvalue weighted by atomic mass is 15.2. The summed E-state index contributed by atoms with van der Waals surface area (Å²) in [5, 5.41) is 0. The molecule has 0 aromatic rings. The summed E-state index contributed by atoms with van der Waals surface area (Å²) >= 11 is 0. The third-order valence-electron chi connectivity index (χ3n) is 4.17. The first-order chi connectivity index (χ1) is 6.87. The van der Waals surface area contributed by atoms with Gasteiger partial charge in [-0.2, -0.15) is 0 Å². The van der Waals surface area contributed by atoms with Crippen molar-refractivity contribution in [3.63, 3.8) is 0 Å². The van der Waals surface area contributed by atoms with Gasteiger partial charge in [0.1, 0.15) is 0 Å². The molecule has 1 aliphatic carbocycles. The van der Waals surface area contributed by atoms with Crippen molar-refractivity contribution in [1.29, 1.82) is 0 Å². The summed E-state index contributed by atoms with van der Waals surface area (Å²) in [7, 11) is 0. The summed E-state index contributed by atoms with van der Waals surface area (Å²) in [6, 6.07) is 0. The molecule has 0 atom stereocenters. The molecule has 0 aromatic heterocycles. The molecule has 2 aliphatic rings. The molecule has 1 saturated heterocycles. The molecule has 0 amide bonds. The Morgan fingerprint density at radius 3 is 2.14 bits per heavy atom. The van der Waals surface area contributed by atoms with Gasteiger partial charge in [-0.25, -0.2) is 0 Å². The molecule has 2 nitrogen and oxygen atoms in total. The van der Waals surface area contributed by atoms with Crippen molar-refractivity contribution in [2.24, 2.45) is 5.73 Å². The van der Waals surface area contributed by atoms with Crippen LogP contribution >= 0.6 is 0 Å². The molecule has 0 radical (unpaired) electrons. The Hall–Kier alpha value is -0.0800. The Morgan fingerprint density at radius 2 is 1.57 bits per heavy atom. The second-order valence-electron chi connectivity index (χ2n) is 5.02. The first-order valence-electron chi connectivity index (χ1n) is 6.32. The van der Waals surface area contributed by atoms with Crippen molar-refractivity contribution in [1.82, 2.24) is 4.90 Å². The molecule has 2 heteroatoms. The third kappa shape index (κ3) is 1.96. The van der Waals surface area contributed by atoms with Crippen molar-refractivity contribution in [3.05, 3.63) is 0 Å². The average molecular weight is 196 g/mol. The molecule has 1 saturated carbocycles. The van der Waals surface area contributed by atoms with Crippen LogP contribution in [0.4, 0.5) is 0 Å². The Labute approximate surface area is 87.8 Å². The number of likely N-dealkylation sites (tertiary alicyclic amines) is 1. The molecule has 82 valence electrons. The zero-order chi connectivity index (χ0) is 9.86. The number of nitrogens with zero attached hydrogens (tertiary/aromatic N) is 1. The van der Waals surface area contributed by atoms with Crippen molar-refractivity contribution in [2.75, 3.05) is 19.6 Å². The quantitative estimate of drug-likeness (QED) is 0.749. The SMILES string of the molecule is NCCC1(N2CCCC2)CCCCC1. The van der Waals surface area contributed by atoms with Crippen LogP contribution in [0.5, 0.6) is 0 Å². The van der Waals surface area contributed by atoms with Crippen LogP contribution in [0.25, 0.3) is 0 Å². The van der Waals surface area contributed by atoms with E-state index in [0.29, 0.717) is 5.54 Å². The Bertz CT molecular complexity index is 162. The second kappa shape index (κ2) is 4.63. The highest BCUT2D eigenvalue weighted by Crippen LogP contribution is 2.37. The minimum atomic E-state index is 0.517. The predicted octanol–water partition coefficient (Wildman–Crippen LogP) is 2.13. The molecule has 0 spiro atoms. The van der Waals surface area contributed by atoms with Gasteiger partial charge in [-0.05, 0) is 51.7 Å². The highest BCUT2D eigenvalue weighted by Gasteiger charge is 2.37. The standard InChI is InChI=1S/C12H24N2/c13-9-8-12(6-2-1-3-7-12)14-10-4-5-11-14/h1-11,13H2. The monoisotopic (exact) mass is 196 g/mol. The van der Waals surface area contributed by atoms with Gasteiger partial charge >= 0.3 is 0 Å². The van der Waals surface area contributed by atoms with Gasteiger partial charge < -0.3 is 5.73 Å². The molecule has 0 aromatic carbocycles. The summed E-state index contributed by atoms with van der Waals surface area (Å²) in [5.74, 6) is 0. The fourth-order valence-corrected chi connectivity index (χ4v) is 3.39. The number of hydrogen-bond acceptors (Lipinski definition) is 2. The van der Waals surface area contributed by atoms with Crippen molar-refractivity contribution >= 4 is 0 Å². The zero-order valence-electron chi connectivity index (χ0n) is 9.30. The summed E-state index contributed by atoms with van der Waals surface area (Å²) in [6.07, 6.45) is 11.2. The fourth-order valence-electron chi connectivity index (χ4n) is 3.39. The summed E-state index contributed by atoms with van der Waals surface area (Å²) in [4.78, 5) is 2.75. The van der Waals surface area contributed by atoms with Gasteiger partial charge in [0.05, 0.1) is 0 Å². The van der Waals surface area contributed by atoms with E-state index in [0.717, 1.165) is 6.54 Å². The van der Waals surface area contributed by atoms with E-state index in [1.54, 1.807) is 0 Å². The molecule has 0 bridgehead atoms. The Kier molecular flexibility index (Phi) is 3.45. The summed E-state index contributed by atoms with van der Waals surface area (Å²) in [5.41, 5.74) is 6.30. The molecule has 1 heterocycles. The largest absolute Gasteiger partial charge is 0.330 e. The van der Waals surface area contributed by atoms with Gasteiger partial charge in [0.15, 0.2) is 0 Å². The minimum Gasteiger partial charge on any atom is -0.330 e. The van der Waals surface area contributed by atoms with Gasteiger partial charge in [0, 0.05) is 5.54 Å². The maximum absolute atomic E-state index is 5.79. The lowest BCUT2D eigenvalue weighted by molar-refractivity contribution is 0.0665. The lowest BCUT2D eigenvalue weighted by Crippen LogP contribution is -2.49. The number of hydrogen-bond donors (Lipinski definition) is 1. The highest BCUT2D eigenvalue weighted by molar-refractivity contribution is 4.94. The minimum absolute atomic E-state index is 0.517. The van der Waals surface area contributed by atoms with Crippen LogP contribution in [0.3, 0.4) is 0 Å². The van der Waals surface area contributed by atoms with E-state index in [4.69, 9.17) is 5.73 Å². The molecule has 2 N–H and O–H groups in total. The van der Waals surface area contributed by atoms with Crippen LogP contribution in [-0.2, 0) is 0 Å². The van der Waals surface area contributed by atoms with Crippen LogP contribution in [0.2, 0.25) is 0 Å². The maximum atomic E-state index is 5.79. The van der Waals surface area contributed by atoms with Gasteiger partial charge in [-0.1, -0.05) is 19.3 Å². The van der Waals surface area contributed by atoms with Crippen molar-refractivity contribution in [2.45, 2.75) is 56.9 Å². The first-order valence-corrected chi connectivity index (χ1v) is 6.32. The van der Waals surface area contributed by atoms with Crippen LogP contribution in [0.15, 0.2) is 0 Å². The third-order valence-corrected chi connectivity index (χ3v) is 4.17. The van der Waals surface area contributed by atoms with Crippen molar-refractivity contribution < 1.29 is 0 Å². The van der Waals surface area contributed by atoms with E-state index in [1.807, 2.05) is 0 Å². The Morgan fingerprint density at radius 1 is 0.929 bits per heavy atom. The van der Waals surface area contributed by atoms with Crippen LogP contribution in [0.1, 0.15) is 51.4 Å². The lowest BCUT2D eigenvalue weighted by atomic mass is 9.78. The summed E-state index contributed by atoms with van der Waals surface area (Å²) < 4.78 is 0. The van der Waals surface area contributed by atoms with E-state index in [-0.39, 0.29) is 0 Å². The molecule has 2 fully saturated rings. The molecule has 2 rings (SSSR count). The molecule has 1 aliphatic heterocycles. The number of nitrogens with two attached hydrogens (primary N) is 1. The van der Waals surface area contributed by atoms with E-state index in [9.17, 15) is 0 Å². The summed E-state index contributed by atoms with van der Waals surface area (Å²) in [6.45, 7) is 3.54. The van der Waals surface area contributed by atoms with E-state index >= 15 is 0 Å². The normalized spacial score (nSPS) is 28.1. The fraction of sp³-hybridized carbons (Fsp3) is 1.00. The van der Waals surface area contributed by atoms with Gasteiger partial charge in [-0.15, -0.1) is 0 Å². The van der Waals surface area contributed by atoms with E-state index in [1.165, 1.54) is 64.5 Å². The molecular formula is C12H24N2. The maximum Gasteiger partial charge on any atom is 0.0221 e. The molecule has 14 heavy (non-hydrogen) atoms. The second-order valence-corrected chi connectivity index (χ2v) is 5.02. The van der Waals surface area contributed by atoms with Crippen molar-refractivity contribution in [3.8, 4) is 0 Å². The average Bonchev–Trinajstić information content (AvgIpc) is 2.73. The van der Waals surface area contributed by atoms with Crippen LogP contribution in [0, 0.1) is 0 Å². The molecular weight excluding hydrogens is 172 g/mol. The van der Waals surface area contributed by atoms with Gasteiger partial charge in [0.25, 0.3) is 0 Å². The van der Waals surface area contributed by atoms with Gasteiger partial charge in [0.2, 0.25) is 0 Å². The first kappa shape index (κ1) is 10.4. The lowest BCUT2D eigenvalue weighted by Gasteiger charge is -2.45. The molecule has 0 unspecified atom stereocenters. The predicted molar refractivity (Wildman–Crippen MR) is 60.3 cm³/mol. The van der Waals surface area contributed by atoms with E-state index in [2.05, 4.69) is 4.90 Å². The number of rotatable bonds is 3. The van der Waals surface area contributed by atoms with Crippen LogP contribution in [-0.4, -0.2) is 30.1 Å². The van der Waals surface area contributed by atoms with Gasteiger partial charge in [-0.3, -0.25) is 4.90 Å². The topological polar surface area (TPSA) is 29.3 Å². The van der Waals surface area contributed by atoms with Crippen LogP contribution < -0.4 is 5.73 Å². The van der Waals surface area contributed by atoms with E-state index < -0.39 is 0 Å².